The lowest BCUT2D eigenvalue weighted by molar-refractivity contribution is -0.134. The van der Waals surface area contributed by atoms with Crippen LogP contribution in [-0.2, 0) is 11.3 Å². The topological polar surface area (TPSA) is 50.6 Å². The van der Waals surface area contributed by atoms with Gasteiger partial charge in [0.05, 0.1) is 18.5 Å². The molecule has 1 saturated heterocycles. The SMILES string of the molecule is COc1ccccc1N1CCN(C(=O)Cn2nc(C)c(C)c2C)[C@@H](C)C1. The minimum absolute atomic E-state index is 0.128. The lowest BCUT2D eigenvalue weighted by atomic mass is 10.1. The van der Waals surface area contributed by atoms with E-state index in [1.165, 1.54) is 0 Å². The molecular formula is C20H28N4O2. The van der Waals surface area contributed by atoms with E-state index in [1.807, 2.05) is 48.6 Å². The van der Waals surface area contributed by atoms with Gasteiger partial charge in [0.2, 0.25) is 5.91 Å². The molecule has 0 spiro atoms. The first kappa shape index (κ1) is 18.3. The Morgan fingerprint density at radius 3 is 2.58 bits per heavy atom. The zero-order valence-corrected chi connectivity index (χ0v) is 16.3. The summed E-state index contributed by atoms with van der Waals surface area (Å²) in [6.45, 7) is 10.8. The van der Waals surface area contributed by atoms with E-state index in [1.54, 1.807) is 7.11 Å². The molecule has 0 bridgehead atoms. The third-order valence-electron chi connectivity index (χ3n) is 5.40. The maximum absolute atomic E-state index is 12.8. The van der Waals surface area contributed by atoms with Gasteiger partial charge < -0.3 is 14.5 Å². The molecule has 1 atom stereocenters. The number of nitrogens with zero attached hydrogens (tertiary/aromatic N) is 4. The quantitative estimate of drug-likeness (QED) is 0.845. The first-order chi connectivity index (χ1) is 12.4. The average Bonchev–Trinajstić information content (AvgIpc) is 2.88. The van der Waals surface area contributed by atoms with Crippen molar-refractivity contribution in [1.29, 1.82) is 0 Å². The molecule has 26 heavy (non-hydrogen) atoms. The fraction of sp³-hybridized carbons (Fsp3) is 0.500. The number of aryl methyl sites for hydroxylation is 1. The van der Waals surface area contributed by atoms with Crippen molar-refractivity contribution in [2.75, 3.05) is 31.6 Å². The Kier molecular flexibility index (Phi) is 5.20. The monoisotopic (exact) mass is 356 g/mol. The Morgan fingerprint density at radius 1 is 1.23 bits per heavy atom. The molecule has 3 rings (SSSR count). The van der Waals surface area contributed by atoms with E-state index in [9.17, 15) is 4.79 Å². The predicted molar refractivity (Wildman–Crippen MR) is 103 cm³/mol. The van der Waals surface area contributed by atoms with Crippen molar-refractivity contribution in [1.82, 2.24) is 14.7 Å². The lowest BCUT2D eigenvalue weighted by Crippen LogP contribution is -2.55. The first-order valence-corrected chi connectivity index (χ1v) is 9.10. The molecule has 1 aromatic carbocycles. The number of benzene rings is 1. The van der Waals surface area contributed by atoms with E-state index in [-0.39, 0.29) is 11.9 Å². The number of carbonyl (C=O) groups excluding carboxylic acids is 1. The summed E-state index contributed by atoms with van der Waals surface area (Å²) in [5.74, 6) is 1.00. The standard InChI is InChI=1S/C20H28N4O2/c1-14-12-22(18-8-6-7-9-19(18)26-5)10-11-23(14)20(25)13-24-17(4)15(2)16(3)21-24/h6-9,14H,10-13H2,1-5H3/t14-/m0/s1. The van der Waals surface area contributed by atoms with Gasteiger partial charge in [-0.1, -0.05) is 12.1 Å². The number of amides is 1. The summed E-state index contributed by atoms with van der Waals surface area (Å²) in [4.78, 5) is 17.1. The van der Waals surface area contributed by atoms with Gasteiger partial charge in [-0.2, -0.15) is 5.10 Å². The molecule has 1 aromatic heterocycles. The van der Waals surface area contributed by atoms with Crippen LogP contribution in [0.15, 0.2) is 24.3 Å². The van der Waals surface area contributed by atoms with Crippen LogP contribution < -0.4 is 9.64 Å². The molecule has 0 unspecified atom stereocenters. The number of aromatic nitrogens is 2. The van der Waals surface area contributed by atoms with Gasteiger partial charge >= 0.3 is 0 Å². The summed E-state index contributed by atoms with van der Waals surface area (Å²) in [6.07, 6.45) is 0. The predicted octanol–water partition coefficient (Wildman–Crippen LogP) is 2.55. The second-order valence-corrected chi connectivity index (χ2v) is 7.01. The maximum atomic E-state index is 12.8. The van der Waals surface area contributed by atoms with E-state index in [4.69, 9.17) is 4.74 Å². The van der Waals surface area contributed by atoms with Crippen LogP contribution in [0.4, 0.5) is 5.69 Å². The average molecular weight is 356 g/mol. The van der Waals surface area contributed by atoms with Crippen LogP contribution in [0.3, 0.4) is 0 Å². The van der Waals surface area contributed by atoms with Crippen molar-refractivity contribution in [2.24, 2.45) is 0 Å². The summed E-state index contributed by atoms with van der Waals surface area (Å²) in [5.41, 5.74) is 4.30. The highest BCUT2D eigenvalue weighted by molar-refractivity contribution is 5.77. The van der Waals surface area contributed by atoms with E-state index in [0.29, 0.717) is 13.1 Å². The minimum Gasteiger partial charge on any atom is -0.495 e. The second kappa shape index (κ2) is 7.40. The largest absolute Gasteiger partial charge is 0.495 e. The van der Waals surface area contributed by atoms with E-state index in [2.05, 4.69) is 23.0 Å². The third-order valence-corrected chi connectivity index (χ3v) is 5.40. The number of carbonyl (C=O) groups is 1. The molecule has 1 aliphatic rings. The normalized spacial score (nSPS) is 17.5. The summed E-state index contributed by atoms with van der Waals surface area (Å²) in [7, 11) is 1.69. The Hall–Kier alpha value is -2.50. The summed E-state index contributed by atoms with van der Waals surface area (Å²) >= 11 is 0. The summed E-state index contributed by atoms with van der Waals surface area (Å²) in [6, 6.07) is 8.18. The number of anilines is 1. The number of rotatable bonds is 4. The van der Waals surface area contributed by atoms with Gasteiger partial charge in [-0.3, -0.25) is 9.48 Å². The fourth-order valence-electron chi connectivity index (χ4n) is 3.60. The van der Waals surface area contributed by atoms with Crippen LogP contribution in [0.5, 0.6) is 5.75 Å². The summed E-state index contributed by atoms with van der Waals surface area (Å²) in [5, 5.41) is 4.50. The number of para-hydroxylation sites is 2. The van der Waals surface area contributed by atoms with Crippen molar-refractivity contribution < 1.29 is 9.53 Å². The molecule has 1 aliphatic heterocycles. The van der Waals surface area contributed by atoms with Crippen molar-refractivity contribution >= 4 is 11.6 Å². The first-order valence-electron chi connectivity index (χ1n) is 9.10. The number of hydrogen-bond donors (Lipinski definition) is 0. The number of methoxy groups -OCH3 is 1. The van der Waals surface area contributed by atoms with Gasteiger partial charge in [0.1, 0.15) is 12.3 Å². The van der Waals surface area contributed by atoms with Crippen LogP contribution in [0.25, 0.3) is 0 Å². The number of piperazine rings is 1. The molecule has 1 fully saturated rings. The van der Waals surface area contributed by atoms with Crippen molar-refractivity contribution in [3.8, 4) is 5.75 Å². The Morgan fingerprint density at radius 2 is 1.96 bits per heavy atom. The Balaban J connectivity index is 1.68. The highest BCUT2D eigenvalue weighted by Crippen LogP contribution is 2.29. The van der Waals surface area contributed by atoms with E-state index < -0.39 is 0 Å². The fourth-order valence-corrected chi connectivity index (χ4v) is 3.60. The molecule has 0 N–H and O–H groups in total. The third kappa shape index (κ3) is 3.41. The molecule has 140 valence electrons. The van der Waals surface area contributed by atoms with Crippen LogP contribution in [0, 0.1) is 20.8 Å². The van der Waals surface area contributed by atoms with Crippen LogP contribution >= 0.6 is 0 Å². The van der Waals surface area contributed by atoms with Crippen LogP contribution in [0.2, 0.25) is 0 Å². The molecule has 6 heteroatoms. The van der Waals surface area contributed by atoms with Gasteiger partial charge in [-0.25, -0.2) is 0 Å². The lowest BCUT2D eigenvalue weighted by Gasteiger charge is -2.41. The highest BCUT2D eigenvalue weighted by atomic mass is 16.5. The molecule has 0 saturated carbocycles. The molecular weight excluding hydrogens is 328 g/mol. The summed E-state index contributed by atoms with van der Waals surface area (Å²) < 4.78 is 7.31. The van der Waals surface area contributed by atoms with Crippen molar-refractivity contribution in [3.63, 3.8) is 0 Å². The van der Waals surface area contributed by atoms with E-state index in [0.717, 1.165) is 41.5 Å². The molecule has 2 aromatic rings. The zero-order valence-electron chi connectivity index (χ0n) is 16.3. The number of hydrogen-bond acceptors (Lipinski definition) is 4. The van der Waals surface area contributed by atoms with Gasteiger partial charge in [0.25, 0.3) is 0 Å². The van der Waals surface area contributed by atoms with Gasteiger partial charge in [0, 0.05) is 31.4 Å². The van der Waals surface area contributed by atoms with E-state index >= 15 is 0 Å². The van der Waals surface area contributed by atoms with Crippen molar-refractivity contribution in [3.05, 3.63) is 41.2 Å². The Labute approximate surface area is 155 Å². The number of ether oxygens (including phenoxy) is 1. The smallest absolute Gasteiger partial charge is 0.244 e. The van der Waals surface area contributed by atoms with Gasteiger partial charge in [-0.05, 0) is 45.4 Å². The van der Waals surface area contributed by atoms with Crippen LogP contribution in [-0.4, -0.2) is 53.4 Å². The molecule has 1 amide bonds. The molecule has 0 aliphatic carbocycles. The molecule has 2 heterocycles. The second-order valence-electron chi connectivity index (χ2n) is 7.01. The zero-order chi connectivity index (χ0) is 18.8. The highest BCUT2D eigenvalue weighted by Gasteiger charge is 2.29. The minimum atomic E-state index is 0.128. The van der Waals surface area contributed by atoms with Crippen molar-refractivity contribution in [2.45, 2.75) is 40.3 Å². The Bertz CT molecular complexity index is 799. The molecule has 0 radical (unpaired) electrons. The van der Waals surface area contributed by atoms with Gasteiger partial charge in [0.15, 0.2) is 0 Å². The maximum Gasteiger partial charge on any atom is 0.244 e. The van der Waals surface area contributed by atoms with Gasteiger partial charge in [-0.15, -0.1) is 0 Å². The van der Waals surface area contributed by atoms with Crippen LogP contribution in [0.1, 0.15) is 23.9 Å². The molecule has 6 nitrogen and oxygen atoms in total.